The molecule has 0 unspecified atom stereocenters. The van der Waals surface area contributed by atoms with E-state index in [1.165, 1.54) is 56.9 Å². The lowest BCUT2D eigenvalue weighted by atomic mass is 9.46. The molecule has 0 spiro atoms. The van der Waals surface area contributed by atoms with Gasteiger partial charge in [0.05, 0.1) is 6.10 Å². The molecule has 5 rings (SSSR count). The van der Waals surface area contributed by atoms with E-state index in [0.29, 0.717) is 16.9 Å². The van der Waals surface area contributed by atoms with Gasteiger partial charge in [-0.2, -0.15) is 0 Å². The maximum atomic E-state index is 6.48. The Hall–Kier alpha value is -1.24. The van der Waals surface area contributed by atoms with Crippen LogP contribution in [0.25, 0.3) is 0 Å². The van der Waals surface area contributed by atoms with E-state index < -0.39 is 0 Å². The van der Waals surface area contributed by atoms with Crippen LogP contribution in [0.15, 0.2) is 36.4 Å². The van der Waals surface area contributed by atoms with Crippen molar-refractivity contribution in [3.63, 3.8) is 0 Å². The number of ether oxygens (including phenoxy) is 1. The van der Waals surface area contributed by atoms with Crippen LogP contribution in [0.2, 0.25) is 0 Å². The Labute approximate surface area is 165 Å². The summed E-state index contributed by atoms with van der Waals surface area (Å²) < 4.78 is 6.48. The molecule has 27 heavy (non-hydrogen) atoms. The highest BCUT2D eigenvalue weighted by Gasteiger charge is 2.58. The molecule has 1 nitrogen and oxygen atoms in total. The first kappa shape index (κ1) is 17.8. The van der Waals surface area contributed by atoms with Gasteiger partial charge in [-0.15, -0.1) is 0 Å². The summed E-state index contributed by atoms with van der Waals surface area (Å²) in [6.45, 7) is 7.32. The van der Waals surface area contributed by atoms with Gasteiger partial charge in [-0.1, -0.05) is 43.7 Å². The predicted molar refractivity (Wildman–Crippen MR) is 112 cm³/mol. The van der Waals surface area contributed by atoms with Gasteiger partial charge in [-0.05, 0) is 105 Å². The molecule has 146 valence electrons. The SMILES string of the molecule is Cc1ccc(O[C@H]2C[C@H]3[C@@H]4CC[C@H]5CCC=C[C@]5(C)[C@H]4CC[C@]3(C)C2)cc1. The van der Waals surface area contributed by atoms with Gasteiger partial charge in [0, 0.05) is 0 Å². The third-order valence-corrected chi connectivity index (χ3v) is 9.18. The minimum atomic E-state index is 0.411. The van der Waals surface area contributed by atoms with Crippen LogP contribution in [0.1, 0.15) is 70.8 Å². The van der Waals surface area contributed by atoms with Crippen molar-refractivity contribution < 1.29 is 4.74 Å². The molecule has 4 aliphatic carbocycles. The zero-order chi connectivity index (χ0) is 18.6. The molecule has 0 radical (unpaired) electrons. The third-order valence-electron chi connectivity index (χ3n) is 9.18. The summed E-state index contributed by atoms with van der Waals surface area (Å²) in [6.07, 6.45) is 16.6. The topological polar surface area (TPSA) is 9.23 Å². The quantitative estimate of drug-likeness (QED) is 0.516. The zero-order valence-electron chi connectivity index (χ0n) is 17.4. The van der Waals surface area contributed by atoms with Gasteiger partial charge in [-0.25, -0.2) is 0 Å². The Morgan fingerprint density at radius 1 is 0.963 bits per heavy atom. The van der Waals surface area contributed by atoms with Crippen molar-refractivity contribution in [2.45, 2.75) is 78.2 Å². The molecule has 3 saturated carbocycles. The monoisotopic (exact) mass is 364 g/mol. The van der Waals surface area contributed by atoms with Crippen LogP contribution in [-0.2, 0) is 0 Å². The fraction of sp³-hybridized carbons (Fsp3) is 0.692. The molecule has 3 fully saturated rings. The van der Waals surface area contributed by atoms with Crippen LogP contribution in [0.5, 0.6) is 5.75 Å². The Morgan fingerprint density at radius 2 is 1.78 bits per heavy atom. The first-order valence-corrected chi connectivity index (χ1v) is 11.4. The van der Waals surface area contributed by atoms with E-state index >= 15 is 0 Å². The van der Waals surface area contributed by atoms with Crippen LogP contribution in [0.3, 0.4) is 0 Å². The molecular weight excluding hydrogens is 328 g/mol. The number of allylic oxidation sites excluding steroid dienone is 2. The van der Waals surface area contributed by atoms with E-state index in [1.54, 1.807) is 0 Å². The largest absolute Gasteiger partial charge is 0.490 e. The lowest BCUT2D eigenvalue weighted by Gasteiger charge is -2.58. The van der Waals surface area contributed by atoms with Crippen molar-refractivity contribution >= 4 is 0 Å². The van der Waals surface area contributed by atoms with E-state index in [1.807, 2.05) is 0 Å². The van der Waals surface area contributed by atoms with Gasteiger partial charge >= 0.3 is 0 Å². The molecule has 0 heterocycles. The van der Waals surface area contributed by atoms with Crippen LogP contribution in [0, 0.1) is 41.4 Å². The maximum absolute atomic E-state index is 6.48. The number of rotatable bonds is 2. The van der Waals surface area contributed by atoms with Crippen LogP contribution < -0.4 is 4.74 Å². The number of aryl methyl sites for hydroxylation is 1. The van der Waals surface area contributed by atoms with Gasteiger partial charge in [0.1, 0.15) is 5.75 Å². The average molecular weight is 365 g/mol. The summed E-state index contributed by atoms with van der Waals surface area (Å²) >= 11 is 0. The molecule has 0 aromatic heterocycles. The Balaban J connectivity index is 1.36. The van der Waals surface area contributed by atoms with Gasteiger partial charge in [0.15, 0.2) is 0 Å². The van der Waals surface area contributed by atoms with E-state index in [4.69, 9.17) is 4.74 Å². The van der Waals surface area contributed by atoms with Crippen molar-refractivity contribution in [1.29, 1.82) is 0 Å². The molecule has 7 atom stereocenters. The van der Waals surface area contributed by atoms with Crippen LogP contribution in [0.4, 0.5) is 0 Å². The van der Waals surface area contributed by atoms with Crippen LogP contribution in [-0.4, -0.2) is 6.10 Å². The highest BCUT2D eigenvalue weighted by molar-refractivity contribution is 5.27. The highest BCUT2D eigenvalue weighted by Crippen LogP contribution is 2.65. The predicted octanol–water partition coefficient (Wildman–Crippen LogP) is 6.95. The zero-order valence-corrected chi connectivity index (χ0v) is 17.4. The highest BCUT2D eigenvalue weighted by atomic mass is 16.5. The second-order valence-electron chi connectivity index (χ2n) is 10.7. The normalized spacial score (nSPS) is 45.7. The van der Waals surface area contributed by atoms with Gasteiger partial charge < -0.3 is 4.74 Å². The molecule has 1 heteroatoms. The fourth-order valence-corrected chi connectivity index (χ4v) is 7.71. The summed E-state index contributed by atoms with van der Waals surface area (Å²) in [4.78, 5) is 0. The summed E-state index contributed by atoms with van der Waals surface area (Å²) in [7, 11) is 0. The van der Waals surface area contributed by atoms with Gasteiger partial charge in [0.25, 0.3) is 0 Å². The van der Waals surface area contributed by atoms with E-state index in [-0.39, 0.29) is 0 Å². The van der Waals surface area contributed by atoms with E-state index in [2.05, 4.69) is 57.2 Å². The molecule has 4 aliphatic rings. The number of benzene rings is 1. The summed E-state index contributed by atoms with van der Waals surface area (Å²) in [5.41, 5.74) is 2.28. The van der Waals surface area contributed by atoms with Crippen molar-refractivity contribution in [3.8, 4) is 5.75 Å². The molecular formula is C26H36O. The van der Waals surface area contributed by atoms with Crippen molar-refractivity contribution in [1.82, 2.24) is 0 Å². The lowest BCUT2D eigenvalue weighted by Crippen LogP contribution is -2.50. The summed E-state index contributed by atoms with van der Waals surface area (Å²) in [5, 5.41) is 0. The number of fused-ring (bicyclic) bond motifs is 5. The maximum Gasteiger partial charge on any atom is 0.119 e. The second-order valence-corrected chi connectivity index (χ2v) is 10.7. The van der Waals surface area contributed by atoms with Crippen LogP contribution >= 0.6 is 0 Å². The molecule has 0 amide bonds. The Morgan fingerprint density at radius 3 is 2.59 bits per heavy atom. The molecule has 0 saturated heterocycles. The molecule has 1 aromatic rings. The minimum absolute atomic E-state index is 0.411. The summed E-state index contributed by atoms with van der Waals surface area (Å²) in [6, 6.07) is 8.65. The van der Waals surface area contributed by atoms with Crippen molar-refractivity contribution in [3.05, 3.63) is 42.0 Å². The number of hydrogen-bond donors (Lipinski definition) is 0. The molecule has 0 bridgehead atoms. The Kier molecular flexibility index (Phi) is 4.22. The van der Waals surface area contributed by atoms with E-state index in [0.717, 1.165) is 29.4 Å². The Bertz CT molecular complexity index is 718. The van der Waals surface area contributed by atoms with Crippen molar-refractivity contribution in [2.24, 2.45) is 34.5 Å². The smallest absolute Gasteiger partial charge is 0.119 e. The third kappa shape index (κ3) is 2.88. The minimum Gasteiger partial charge on any atom is -0.490 e. The number of hydrogen-bond acceptors (Lipinski definition) is 1. The first-order valence-electron chi connectivity index (χ1n) is 11.4. The van der Waals surface area contributed by atoms with E-state index in [9.17, 15) is 0 Å². The summed E-state index contributed by atoms with van der Waals surface area (Å²) in [5.74, 6) is 4.69. The molecule has 1 aromatic carbocycles. The lowest BCUT2D eigenvalue weighted by molar-refractivity contribution is -0.0679. The standard InChI is InChI=1S/C26H36O/c1-18-7-10-20(11-8-18)27-21-16-24-22-12-9-19-6-4-5-14-26(19,3)23(22)13-15-25(24,2)17-21/h5,7-8,10-11,14,19,21-24H,4,6,9,12-13,15-17H2,1-3H3/t19-,21+,22-,23+,24+,25-,26+/m1/s1. The van der Waals surface area contributed by atoms with Crippen molar-refractivity contribution in [2.75, 3.05) is 0 Å². The second kappa shape index (κ2) is 6.39. The first-order chi connectivity index (χ1) is 13.0. The van der Waals surface area contributed by atoms with Gasteiger partial charge in [-0.3, -0.25) is 0 Å². The van der Waals surface area contributed by atoms with Gasteiger partial charge in [0.2, 0.25) is 0 Å². The fourth-order valence-electron chi connectivity index (χ4n) is 7.71. The average Bonchev–Trinajstić information content (AvgIpc) is 2.99. The molecule has 0 N–H and O–H groups in total. The molecule has 0 aliphatic heterocycles.